The van der Waals surface area contributed by atoms with Crippen molar-refractivity contribution in [3.05, 3.63) is 190 Å². The Bertz CT molecular complexity index is 5590. The van der Waals surface area contributed by atoms with Gasteiger partial charge < -0.3 is 20.4 Å². The standard InChI is InChI=1S/C18H20N4O2S2.2C17H18N4O2S2.C16H16N4O2S2/c1-12-14-11-21(2)10-9-15(14)22-17(19-12)16(18(20-22)25-3)26(23,24)13-7-5-4-6-8-13;1-20-9-8-14-12(11-20)10-18-16-15(17(24-2)19-21(14)16)25(22,23)13-6-4-3-5-7-13;1-11-13-10-18-9-8-14(13)21-16(19-11)15(17(20-21)24-2)25(22,23)12-6-4-3-5-7-12;1-23-16-14(24(21,22)12-5-3-2-4-6-12)15-18-10-11-9-17-8-7-13(11)20(15)19-16/h4-8H,9-11H2,1-3H3;3-7,10H,8-9,11H2,1-2H3;3-7,18H,8-10H2,1-2H3;2-6,10,17H,7-9H2,1H3. The van der Waals surface area contributed by atoms with Gasteiger partial charge in [0.25, 0.3) is 0 Å². The molecule has 0 radical (unpaired) electrons. The molecule has 0 saturated heterocycles. The van der Waals surface area contributed by atoms with Crippen LogP contribution in [0, 0.1) is 13.8 Å². The van der Waals surface area contributed by atoms with Gasteiger partial charge in [0.15, 0.2) is 42.2 Å². The van der Waals surface area contributed by atoms with E-state index in [1.165, 1.54) is 47.0 Å². The molecule has 0 bridgehead atoms. The van der Waals surface area contributed by atoms with Gasteiger partial charge in [0.2, 0.25) is 39.3 Å². The van der Waals surface area contributed by atoms with Crippen LogP contribution < -0.4 is 10.6 Å². The summed E-state index contributed by atoms with van der Waals surface area (Å²) in [6.45, 7) is 10.5. The van der Waals surface area contributed by atoms with Crippen LogP contribution >= 0.6 is 47.0 Å². The fraction of sp³-hybridized carbons (Fsp3) is 0.294. The molecule has 32 heteroatoms. The molecular weight excluding hydrogens is 1430 g/mol. The van der Waals surface area contributed by atoms with Crippen LogP contribution in [0.1, 0.15) is 56.4 Å². The Morgan fingerprint density at radius 3 is 1.11 bits per heavy atom. The Morgan fingerprint density at radius 1 is 0.380 bits per heavy atom. The van der Waals surface area contributed by atoms with E-state index in [2.05, 4.69) is 74.9 Å². The molecule has 520 valence electrons. The van der Waals surface area contributed by atoms with Gasteiger partial charge in [0.05, 0.1) is 42.4 Å². The zero-order chi connectivity index (χ0) is 70.4. The molecular formula is C68H72N16O8S8. The SMILES string of the molecule is CSc1nn2c3c(c(C)nc2c1S(=O)(=O)c1ccccc1)CN(C)CC3.CSc1nn2c3c(c(C)nc2c1S(=O)(=O)c1ccccc1)CNCC3.CSc1nn2c3c(cnc2c1S(=O)(=O)c1ccccc1)CN(C)CC3.CSc1nn2c3c(cnc2c1S(=O)(=O)c1ccccc1)CNCC3. The Labute approximate surface area is 597 Å². The van der Waals surface area contributed by atoms with Crippen LogP contribution in [0.5, 0.6) is 0 Å². The summed E-state index contributed by atoms with van der Waals surface area (Å²) in [7, 11) is -10.6. The number of nitrogens with one attached hydrogen (secondary N) is 2. The Hall–Kier alpha value is -7.60. The van der Waals surface area contributed by atoms with E-state index < -0.39 is 39.3 Å². The first-order valence-corrected chi connectivity index (χ1v) is 42.7. The second-order valence-electron chi connectivity index (χ2n) is 24.1. The fourth-order valence-corrected chi connectivity index (χ4v) is 22.4. The molecule has 4 aliphatic heterocycles. The van der Waals surface area contributed by atoms with Crippen molar-refractivity contribution in [2.24, 2.45) is 0 Å². The lowest BCUT2D eigenvalue weighted by Gasteiger charge is -2.26. The predicted octanol–water partition coefficient (Wildman–Crippen LogP) is 9.02. The number of aromatic nitrogens is 12. The summed E-state index contributed by atoms with van der Waals surface area (Å²) in [5.74, 6) is 0. The van der Waals surface area contributed by atoms with Crippen molar-refractivity contribution < 1.29 is 33.7 Å². The van der Waals surface area contributed by atoms with E-state index >= 15 is 0 Å². The van der Waals surface area contributed by atoms with E-state index in [-0.39, 0.29) is 39.2 Å². The number of rotatable bonds is 12. The number of hydrogen-bond acceptors (Lipinski definition) is 24. The lowest BCUT2D eigenvalue weighted by molar-refractivity contribution is 0.306. The minimum atomic E-state index is -3.70. The van der Waals surface area contributed by atoms with Crippen molar-refractivity contribution in [1.82, 2.24) is 78.8 Å². The molecule has 12 aromatic rings. The highest BCUT2D eigenvalue weighted by molar-refractivity contribution is 8.00. The van der Waals surface area contributed by atoms with Gasteiger partial charge in [-0.1, -0.05) is 72.8 Å². The van der Waals surface area contributed by atoms with Crippen LogP contribution in [0.2, 0.25) is 0 Å². The third kappa shape index (κ3) is 13.2. The summed E-state index contributed by atoms with van der Waals surface area (Å²) in [6, 6.07) is 33.9. The van der Waals surface area contributed by atoms with E-state index in [0.717, 1.165) is 134 Å². The molecule has 0 aliphatic carbocycles. The van der Waals surface area contributed by atoms with Gasteiger partial charge in [0, 0.05) is 124 Å². The van der Waals surface area contributed by atoms with Gasteiger partial charge >= 0.3 is 0 Å². The van der Waals surface area contributed by atoms with E-state index in [9.17, 15) is 33.7 Å². The second-order valence-corrected chi connectivity index (χ2v) is 34.8. The quantitative estimate of drug-likeness (QED) is 0.108. The maximum absolute atomic E-state index is 13.3. The lowest BCUT2D eigenvalue weighted by Crippen LogP contribution is -2.29. The molecule has 16 rings (SSSR count). The molecule has 0 amide bonds. The third-order valence-corrected chi connectivity index (χ3v) is 28.2. The Balaban J connectivity index is 0.000000120. The van der Waals surface area contributed by atoms with Gasteiger partial charge in [-0.15, -0.1) is 47.0 Å². The smallest absolute Gasteiger partial charge is 0.213 e. The number of nitrogens with zero attached hydrogens (tertiary/aromatic N) is 14. The van der Waals surface area contributed by atoms with Crippen molar-refractivity contribution in [3.8, 4) is 0 Å². The van der Waals surface area contributed by atoms with Crippen LogP contribution in [0.3, 0.4) is 0 Å². The van der Waals surface area contributed by atoms with E-state index in [1.807, 2.05) is 38.9 Å². The van der Waals surface area contributed by atoms with Gasteiger partial charge in [-0.3, -0.25) is 0 Å². The van der Waals surface area contributed by atoms with Crippen LogP contribution in [0.4, 0.5) is 0 Å². The monoisotopic (exact) mass is 1500 g/mol. The maximum Gasteiger partial charge on any atom is 0.213 e. The molecule has 0 unspecified atom stereocenters. The van der Waals surface area contributed by atoms with Gasteiger partial charge in [-0.05, 0) is 101 Å². The van der Waals surface area contributed by atoms with Gasteiger partial charge in [-0.2, -0.15) is 20.4 Å². The first-order chi connectivity index (χ1) is 48.1. The number of thioether (sulfide) groups is 4. The number of hydrogen-bond donors (Lipinski definition) is 2. The van der Waals surface area contributed by atoms with E-state index in [0.29, 0.717) is 42.7 Å². The molecule has 0 saturated carbocycles. The molecule has 0 spiro atoms. The molecule has 4 aromatic carbocycles. The Kier molecular flexibility index (Phi) is 20.6. The van der Waals surface area contributed by atoms with Gasteiger partial charge in [0.1, 0.15) is 20.1 Å². The fourth-order valence-electron chi connectivity index (χ4n) is 12.8. The molecule has 100 heavy (non-hydrogen) atoms. The number of likely N-dealkylation sites (N-methyl/N-ethyl adjacent to an activating group) is 2. The third-order valence-electron chi connectivity index (χ3n) is 17.8. The van der Waals surface area contributed by atoms with Crippen LogP contribution in [0.25, 0.3) is 22.6 Å². The summed E-state index contributed by atoms with van der Waals surface area (Å²) >= 11 is 5.33. The van der Waals surface area contributed by atoms with Gasteiger partial charge in [-0.25, -0.2) is 71.7 Å². The number of benzene rings is 4. The van der Waals surface area contributed by atoms with Crippen LogP contribution in [0.15, 0.2) is 193 Å². The summed E-state index contributed by atoms with van der Waals surface area (Å²) in [5.41, 5.74) is 12.0. The molecule has 8 aromatic heterocycles. The molecule has 4 aliphatic rings. The second kappa shape index (κ2) is 29.0. The van der Waals surface area contributed by atoms with Crippen molar-refractivity contribution in [2.45, 2.75) is 125 Å². The normalized spacial score (nSPS) is 15.0. The zero-order valence-electron chi connectivity index (χ0n) is 56.0. The summed E-state index contributed by atoms with van der Waals surface area (Å²) in [6.07, 6.45) is 14.2. The van der Waals surface area contributed by atoms with E-state index in [1.54, 1.807) is 152 Å². The summed E-state index contributed by atoms with van der Waals surface area (Å²) in [5, 5.41) is 26.9. The number of aryl methyl sites for hydroxylation is 2. The van der Waals surface area contributed by atoms with Crippen molar-refractivity contribution in [3.63, 3.8) is 0 Å². The minimum absolute atomic E-state index is 0.197. The summed E-state index contributed by atoms with van der Waals surface area (Å²) < 4.78 is 113. The van der Waals surface area contributed by atoms with Crippen LogP contribution in [-0.4, -0.2) is 167 Å². The van der Waals surface area contributed by atoms with Crippen LogP contribution in [-0.2, 0) is 91.2 Å². The predicted molar refractivity (Wildman–Crippen MR) is 387 cm³/mol. The highest BCUT2D eigenvalue weighted by Crippen LogP contribution is 2.39. The largest absolute Gasteiger partial charge is 0.312 e. The number of sulfone groups is 4. The molecule has 0 fully saturated rings. The molecule has 12 heterocycles. The maximum atomic E-state index is 13.3. The number of fused-ring (bicyclic) bond motifs is 12. The van der Waals surface area contributed by atoms with Crippen molar-refractivity contribution in [2.75, 3.05) is 65.3 Å². The average molecular weight is 1500 g/mol. The van der Waals surface area contributed by atoms with Crippen molar-refractivity contribution >= 4 is 109 Å². The molecule has 0 atom stereocenters. The molecule has 2 N–H and O–H groups in total. The highest BCUT2D eigenvalue weighted by Gasteiger charge is 2.36. The summed E-state index contributed by atoms with van der Waals surface area (Å²) in [4.78, 5) is 24.5. The minimum Gasteiger partial charge on any atom is -0.312 e. The highest BCUT2D eigenvalue weighted by atomic mass is 32.2. The molecule has 24 nitrogen and oxygen atoms in total. The first-order valence-electron chi connectivity index (χ1n) is 31.9. The zero-order valence-corrected chi connectivity index (χ0v) is 62.5. The van der Waals surface area contributed by atoms with E-state index in [4.69, 9.17) is 0 Å². The lowest BCUT2D eigenvalue weighted by atomic mass is 10.0. The topological polar surface area (TPSA) is 288 Å². The first kappa shape index (κ1) is 70.8. The average Bonchev–Trinajstić information content (AvgIpc) is 1.58. The Morgan fingerprint density at radius 2 is 0.700 bits per heavy atom. The van der Waals surface area contributed by atoms with Crippen molar-refractivity contribution in [1.29, 1.82) is 0 Å².